The van der Waals surface area contributed by atoms with E-state index in [0.717, 1.165) is 57.4 Å². The smallest absolute Gasteiger partial charge is 0.290 e. The number of aliphatic imine (C=N–C) groups is 1. The molecule has 0 amide bonds. The van der Waals surface area contributed by atoms with Crippen LogP contribution in [-0.2, 0) is 19.1 Å². The minimum Gasteiger partial charge on any atom is -0.483 e. The second-order valence-electron chi connectivity index (χ2n) is 17.6. The van der Waals surface area contributed by atoms with Gasteiger partial charge in [-0.25, -0.2) is 0 Å². The van der Waals surface area contributed by atoms with Crippen molar-refractivity contribution in [1.29, 1.82) is 0 Å². The minimum atomic E-state index is -0.250. The fourth-order valence-corrected chi connectivity index (χ4v) is 8.11. The average Bonchev–Trinajstić information content (AvgIpc) is 3.28. The standard InChI is InChI=1S/C40H78N4O2.C12H26O.CH2O2/c1-4-6-8-10-15-21-28-39(29-22-16-11-9-7-5-2)30-23-17-14-19-25-34-44(33-24-18-12-13-20-26-36-45)35-27-32-42-40(31-37-46)43-38-41-3;1-4-6-7-8-9-10-11-12(5-2)13-3;2-1-3/h31,36-39,42H,4-30,32-35H2,1-3H3,(H,41,43);12H,4-11H2,1-3H3;1H,(H,2,3)/b40-31-;;. The molecule has 0 radical (unpaired) electrons. The Morgan fingerprint density at radius 2 is 0.984 bits per heavy atom. The summed E-state index contributed by atoms with van der Waals surface area (Å²) in [6.45, 7) is 13.1. The van der Waals surface area contributed by atoms with E-state index in [2.05, 4.69) is 48.2 Å². The molecule has 0 aliphatic carbocycles. The van der Waals surface area contributed by atoms with Crippen molar-refractivity contribution in [3.05, 3.63) is 11.9 Å². The van der Waals surface area contributed by atoms with Crippen molar-refractivity contribution >= 4 is 25.4 Å². The third-order valence-electron chi connectivity index (χ3n) is 12.0. The molecule has 0 saturated heterocycles. The van der Waals surface area contributed by atoms with Crippen molar-refractivity contribution in [2.24, 2.45) is 10.9 Å². The van der Waals surface area contributed by atoms with E-state index in [-0.39, 0.29) is 6.47 Å². The summed E-state index contributed by atoms with van der Waals surface area (Å²) in [5.74, 6) is 1.66. The summed E-state index contributed by atoms with van der Waals surface area (Å²) in [6, 6.07) is 0. The second kappa shape index (κ2) is 58.7. The highest BCUT2D eigenvalue weighted by Gasteiger charge is 2.10. The van der Waals surface area contributed by atoms with E-state index in [1.165, 1.54) is 212 Å². The number of nitrogens with one attached hydrogen (secondary N) is 2. The zero-order valence-electron chi connectivity index (χ0n) is 42.1. The normalized spacial score (nSPS) is 11.9. The maximum absolute atomic E-state index is 10.9. The fourth-order valence-electron chi connectivity index (χ4n) is 8.11. The van der Waals surface area contributed by atoms with Crippen molar-refractivity contribution in [2.45, 2.75) is 259 Å². The number of rotatable bonds is 47. The zero-order valence-corrected chi connectivity index (χ0v) is 42.1. The second-order valence-corrected chi connectivity index (χ2v) is 17.6. The largest absolute Gasteiger partial charge is 0.483 e. The minimum absolute atomic E-state index is 0.250. The lowest BCUT2D eigenvalue weighted by molar-refractivity contribution is -0.123. The van der Waals surface area contributed by atoms with Gasteiger partial charge in [0.25, 0.3) is 6.47 Å². The molecule has 9 heteroatoms. The van der Waals surface area contributed by atoms with Crippen LogP contribution in [0.1, 0.15) is 252 Å². The van der Waals surface area contributed by atoms with Crippen molar-refractivity contribution in [3.8, 4) is 0 Å². The van der Waals surface area contributed by atoms with E-state index in [9.17, 15) is 9.59 Å². The first kappa shape index (κ1) is 64.0. The van der Waals surface area contributed by atoms with Gasteiger partial charge in [-0.3, -0.25) is 14.6 Å². The third-order valence-corrected chi connectivity index (χ3v) is 12.0. The van der Waals surface area contributed by atoms with Gasteiger partial charge in [0, 0.05) is 33.2 Å². The van der Waals surface area contributed by atoms with Crippen LogP contribution < -0.4 is 10.6 Å². The molecule has 0 fully saturated rings. The van der Waals surface area contributed by atoms with Crippen LogP contribution in [0, 0.1) is 5.92 Å². The molecule has 0 aromatic carbocycles. The van der Waals surface area contributed by atoms with Gasteiger partial charge in [0.2, 0.25) is 0 Å². The van der Waals surface area contributed by atoms with Crippen molar-refractivity contribution < 1.29 is 24.2 Å². The van der Waals surface area contributed by atoms with Crippen LogP contribution in [0.2, 0.25) is 0 Å². The van der Waals surface area contributed by atoms with Gasteiger partial charge in [-0.2, -0.15) is 0 Å². The third kappa shape index (κ3) is 53.9. The highest BCUT2D eigenvalue weighted by Crippen LogP contribution is 2.25. The van der Waals surface area contributed by atoms with Gasteiger partial charge < -0.3 is 30.2 Å². The topological polar surface area (TPSA) is 120 Å². The molecule has 0 aromatic rings. The van der Waals surface area contributed by atoms with Crippen LogP contribution in [0.15, 0.2) is 16.9 Å². The lowest BCUT2D eigenvalue weighted by Crippen LogP contribution is -2.31. The molecule has 0 bridgehead atoms. The molecular formula is C53H106N4O5. The molecule has 9 nitrogen and oxygen atoms in total. The highest BCUT2D eigenvalue weighted by molar-refractivity contribution is 5.68. The molecule has 62 heavy (non-hydrogen) atoms. The van der Waals surface area contributed by atoms with Gasteiger partial charge in [-0.15, -0.1) is 0 Å². The Morgan fingerprint density at radius 1 is 0.581 bits per heavy atom. The Morgan fingerprint density at radius 3 is 1.39 bits per heavy atom. The zero-order chi connectivity index (χ0) is 46.3. The molecule has 0 rings (SSSR count). The molecule has 1 unspecified atom stereocenters. The molecule has 0 aromatic heterocycles. The number of nitrogens with zero attached hydrogens (tertiary/aromatic N) is 2. The maximum atomic E-state index is 10.9. The number of hydrogen-bond donors (Lipinski definition) is 3. The number of methoxy groups -OCH3 is 1. The Balaban J connectivity index is -0.00000182. The van der Waals surface area contributed by atoms with E-state index in [1.807, 2.05) is 7.11 Å². The SMILES string of the molecule is CCCCCCCCC(CC)OC.CCCCCCCCC(CCCCCCCC)CCCCCCCN(CCCCCCCC=O)CCCN/C(=C/C=O)NC=NC.O=CO. The molecular weight excluding hydrogens is 773 g/mol. The summed E-state index contributed by atoms with van der Waals surface area (Å²) in [6.07, 6.45) is 52.1. The molecule has 0 aliphatic heterocycles. The Hall–Kier alpha value is -2.26. The number of hydrogen-bond acceptors (Lipinski definition) is 7. The van der Waals surface area contributed by atoms with Crippen LogP contribution in [0.5, 0.6) is 0 Å². The van der Waals surface area contributed by atoms with Gasteiger partial charge in [0.15, 0.2) is 0 Å². The van der Waals surface area contributed by atoms with E-state index < -0.39 is 0 Å². The predicted molar refractivity (Wildman–Crippen MR) is 269 cm³/mol. The van der Waals surface area contributed by atoms with E-state index >= 15 is 0 Å². The number of ether oxygens (including phenoxy) is 1. The van der Waals surface area contributed by atoms with E-state index in [1.54, 1.807) is 13.4 Å². The van der Waals surface area contributed by atoms with Crippen LogP contribution in [0.4, 0.5) is 0 Å². The van der Waals surface area contributed by atoms with E-state index in [4.69, 9.17) is 14.6 Å². The predicted octanol–water partition coefficient (Wildman–Crippen LogP) is 14.4. The van der Waals surface area contributed by atoms with Gasteiger partial charge in [-0.05, 0) is 64.1 Å². The van der Waals surface area contributed by atoms with Gasteiger partial charge in [0.05, 0.1) is 12.4 Å². The van der Waals surface area contributed by atoms with Gasteiger partial charge in [0.1, 0.15) is 18.4 Å². The van der Waals surface area contributed by atoms with Crippen molar-refractivity contribution in [2.75, 3.05) is 40.3 Å². The molecule has 1 atom stereocenters. The van der Waals surface area contributed by atoms with Crippen molar-refractivity contribution in [1.82, 2.24) is 15.5 Å². The monoisotopic (exact) mass is 879 g/mol. The first-order valence-electron chi connectivity index (χ1n) is 26.3. The Kier molecular flexibility index (Phi) is 60.7. The molecule has 0 aliphatic rings. The summed E-state index contributed by atoms with van der Waals surface area (Å²) in [5.41, 5.74) is 0. The van der Waals surface area contributed by atoms with E-state index in [0.29, 0.717) is 18.3 Å². The Labute approximate surface area is 385 Å². The lowest BCUT2D eigenvalue weighted by atomic mass is 9.89. The van der Waals surface area contributed by atoms with Crippen LogP contribution >= 0.6 is 0 Å². The Bertz CT molecular complexity index is 914. The fraction of sp³-hybridized carbons (Fsp3) is 0.887. The number of carbonyl (C=O) groups excluding carboxylic acids is 2. The summed E-state index contributed by atoms with van der Waals surface area (Å²) in [4.78, 5) is 36.4. The molecule has 0 saturated carbocycles. The van der Waals surface area contributed by atoms with Crippen LogP contribution in [0.25, 0.3) is 0 Å². The average molecular weight is 879 g/mol. The molecule has 0 heterocycles. The highest BCUT2D eigenvalue weighted by atomic mass is 16.5. The van der Waals surface area contributed by atoms with Gasteiger partial charge in [-0.1, -0.05) is 207 Å². The number of allylic oxidation sites excluding steroid dienone is 1. The summed E-state index contributed by atoms with van der Waals surface area (Å²) >= 11 is 0. The number of carboxylic acid groups (broad SMARTS) is 1. The quantitative estimate of drug-likeness (QED) is 0.0182. The number of aldehydes is 2. The molecule has 0 spiro atoms. The maximum Gasteiger partial charge on any atom is 0.290 e. The first-order chi connectivity index (χ1) is 30.5. The van der Waals surface area contributed by atoms with Crippen molar-refractivity contribution in [3.63, 3.8) is 0 Å². The first-order valence-corrected chi connectivity index (χ1v) is 26.3. The summed E-state index contributed by atoms with van der Waals surface area (Å²) in [7, 11) is 3.53. The summed E-state index contributed by atoms with van der Waals surface area (Å²) < 4.78 is 5.33. The number of unbranched alkanes of at least 4 members (excludes halogenated alkanes) is 24. The molecule has 3 N–H and O–H groups in total. The van der Waals surface area contributed by atoms with Crippen LogP contribution in [0.3, 0.4) is 0 Å². The number of carbonyl (C=O) groups is 3. The van der Waals surface area contributed by atoms with Crippen LogP contribution in [-0.4, -0.2) is 81.8 Å². The van der Waals surface area contributed by atoms with Gasteiger partial charge >= 0.3 is 0 Å². The molecule has 368 valence electrons. The summed E-state index contributed by atoms with van der Waals surface area (Å²) in [5, 5.41) is 13.2. The lowest BCUT2D eigenvalue weighted by Gasteiger charge is -2.23.